The van der Waals surface area contributed by atoms with E-state index < -0.39 is 0 Å². The summed E-state index contributed by atoms with van der Waals surface area (Å²) in [5.41, 5.74) is 7.26. The van der Waals surface area contributed by atoms with Crippen LogP contribution < -0.4 is 10.6 Å². The molecule has 4 heteroatoms. The molecule has 2 heterocycles. The van der Waals surface area contributed by atoms with Crippen molar-refractivity contribution < 1.29 is 0 Å². The molecule has 106 valence electrons. The highest BCUT2D eigenvalue weighted by Gasteiger charge is 2.25. The van der Waals surface area contributed by atoms with Crippen molar-refractivity contribution in [2.45, 2.75) is 38.8 Å². The zero-order chi connectivity index (χ0) is 13.8. The van der Waals surface area contributed by atoms with E-state index in [2.05, 4.69) is 34.8 Å². The molecule has 1 saturated heterocycles. The van der Waals surface area contributed by atoms with E-state index in [1.54, 1.807) is 0 Å². The first-order chi connectivity index (χ1) is 9.13. The second-order valence-electron chi connectivity index (χ2n) is 5.58. The molecule has 1 aromatic heterocycles. The van der Waals surface area contributed by atoms with Gasteiger partial charge in [0.15, 0.2) is 0 Å². The first kappa shape index (κ1) is 14.3. The summed E-state index contributed by atoms with van der Waals surface area (Å²) >= 11 is 0. The Hall–Kier alpha value is -1.13. The van der Waals surface area contributed by atoms with Crippen LogP contribution >= 0.6 is 0 Å². The van der Waals surface area contributed by atoms with Crippen LogP contribution in [0, 0.1) is 0 Å². The van der Waals surface area contributed by atoms with Crippen molar-refractivity contribution in [1.29, 1.82) is 0 Å². The SMILES string of the molecule is CCC1CN(C)CCCN1c1ncccc1[C@@H](C)N. The molecule has 0 aromatic carbocycles. The van der Waals surface area contributed by atoms with Crippen LogP contribution in [0.25, 0.3) is 0 Å². The maximum Gasteiger partial charge on any atom is 0.133 e. The topological polar surface area (TPSA) is 45.4 Å². The van der Waals surface area contributed by atoms with E-state index in [-0.39, 0.29) is 6.04 Å². The van der Waals surface area contributed by atoms with E-state index in [4.69, 9.17) is 5.73 Å². The van der Waals surface area contributed by atoms with E-state index in [0.717, 1.165) is 37.4 Å². The third-order valence-corrected chi connectivity index (χ3v) is 3.95. The third-order valence-electron chi connectivity index (χ3n) is 3.95. The molecule has 0 radical (unpaired) electrons. The predicted molar refractivity (Wildman–Crippen MR) is 80.4 cm³/mol. The average molecular weight is 262 g/mol. The molecular weight excluding hydrogens is 236 g/mol. The predicted octanol–water partition coefficient (Wildman–Crippen LogP) is 2.02. The average Bonchev–Trinajstić information content (AvgIpc) is 2.60. The molecule has 4 nitrogen and oxygen atoms in total. The number of aromatic nitrogens is 1. The molecule has 0 spiro atoms. The molecule has 0 aliphatic carbocycles. The zero-order valence-electron chi connectivity index (χ0n) is 12.3. The standard InChI is InChI=1S/C15H26N4/c1-4-13-11-18(3)9-6-10-19(13)15-14(12(2)16)7-5-8-17-15/h5,7-8,12-13H,4,6,9-11,16H2,1-3H3/t12-,13?/m1/s1. The zero-order valence-corrected chi connectivity index (χ0v) is 12.3. The molecule has 0 amide bonds. The van der Waals surface area contributed by atoms with Gasteiger partial charge >= 0.3 is 0 Å². The van der Waals surface area contributed by atoms with Gasteiger partial charge in [0.25, 0.3) is 0 Å². The molecule has 2 atom stereocenters. The van der Waals surface area contributed by atoms with Gasteiger partial charge in [0, 0.05) is 36.9 Å². The van der Waals surface area contributed by atoms with Crippen molar-refractivity contribution in [2.24, 2.45) is 5.73 Å². The Labute approximate surface area is 116 Å². The summed E-state index contributed by atoms with van der Waals surface area (Å²) in [6, 6.07) is 4.64. The maximum absolute atomic E-state index is 6.10. The van der Waals surface area contributed by atoms with Crippen LogP contribution in [0.15, 0.2) is 18.3 Å². The summed E-state index contributed by atoms with van der Waals surface area (Å²) in [6.45, 7) is 7.62. The minimum atomic E-state index is 0.0298. The molecular formula is C15H26N4. The Kier molecular flexibility index (Phi) is 4.77. The Balaban J connectivity index is 2.32. The van der Waals surface area contributed by atoms with Crippen LogP contribution in [-0.4, -0.2) is 42.6 Å². The highest BCUT2D eigenvalue weighted by molar-refractivity contribution is 5.49. The Morgan fingerprint density at radius 2 is 2.26 bits per heavy atom. The summed E-state index contributed by atoms with van der Waals surface area (Å²) in [7, 11) is 2.21. The van der Waals surface area contributed by atoms with Gasteiger partial charge in [-0.15, -0.1) is 0 Å². The molecule has 2 N–H and O–H groups in total. The number of likely N-dealkylation sites (N-methyl/N-ethyl adjacent to an activating group) is 1. The van der Waals surface area contributed by atoms with E-state index in [1.807, 2.05) is 19.2 Å². The van der Waals surface area contributed by atoms with Crippen molar-refractivity contribution in [1.82, 2.24) is 9.88 Å². The molecule has 1 aliphatic rings. The fourth-order valence-electron chi connectivity index (χ4n) is 2.88. The fourth-order valence-corrected chi connectivity index (χ4v) is 2.88. The number of pyridine rings is 1. The van der Waals surface area contributed by atoms with Crippen LogP contribution in [0.3, 0.4) is 0 Å². The van der Waals surface area contributed by atoms with Crippen molar-refractivity contribution in [2.75, 3.05) is 31.6 Å². The molecule has 1 aliphatic heterocycles. The Morgan fingerprint density at radius 1 is 1.47 bits per heavy atom. The molecule has 1 unspecified atom stereocenters. The molecule has 2 rings (SSSR count). The number of hydrogen-bond donors (Lipinski definition) is 1. The summed E-state index contributed by atoms with van der Waals surface area (Å²) in [5.74, 6) is 1.08. The smallest absolute Gasteiger partial charge is 0.133 e. The van der Waals surface area contributed by atoms with Crippen LogP contribution in [0.1, 0.15) is 38.3 Å². The lowest BCUT2D eigenvalue weighted by Crippen LogP contribution is -2.41. The van der Waals surface area contributed by atoms with Crippen molar-refractivity contribution in [3.05, 3.63) is 23.9 Å². The van der Waals surface area contributed by atoms with Gasteiger partial charge in [-0.05, 0) is 39.4 Å². The fraction of sp³-hybridized carbons (Fsp3) is 0.667. The van der Waals surface area contributed by atoms with Crippen LogP contribution in [0.5, 0.6) is 0 Å². The summed E-state index contributed by atoms with van der Waals surface area (Å²) in [6.07, 6.45) is 4.20. The first-order valence-corrected chi connectivity index (χ1v) is 7.29. The van der Waals surface area contributed by atoms with E-state index in [0.29, 0.717) is 6.04 Å². The lowest BCUT2D eigenvalue weighted by atomic mass is 10.1. The largest absolute Gasteiger partial charge is 0.352 e. The van der Waals surface area contributed by atoms with Gasteiger partial charge in [0.1, 0.15) is 5.82 Å². The highest BCUT2D eigenvalue weighted by Crippen LogP contribution is 2.26. The monoisotopic (exact) mass is 262 g/mol. The third kappa shape index (κ3) is 3.25. The summed E-state index contributed by atoms with van der Waals surface area (Å²) < 4.78 is 0. The first-order valence-electron chi connectivity index (χ1n) is 7.29. The van der Waals surface area contributed by atoms with Gasteiger partial charge in [-0.3, -0.25) is 0 Å². The summed E-state index contributed by atoms with van der Waals surface area (Å²) in [4.78, 5) is 9.50. The molecule has 0 bridgehead atoms. The van der Waals surface area contributed by atoms with Gasteiger partial charge in [0.2, 0.25) is 0 Å². The second-order valence-corrected chi connectivity index (χ2v) is 5.58. The molecule has 0 saturated carbocycles. The van der Waals surface area contributed by atoms with E-state index in [1.165, 1.54) is 6.42 Å². The number of nitrogens with two attached hydrogens (primary N) is 1. The van der Waals surface area contributed by atoms with Crippen molar-refractivity contribution in [3.8, 4) is 0 Å². The minimum Gasteiger partial charge on any atom is -0.352 e. The van der Waals surface area contributed by atoms with Crippen molar-refractivity contribution in [3.63, 3.8) is 0 Å². The second kappa shape index (κ2) is 6.35. The summed E-state index contributed by atoms with van der Waals surface area (Å²) in [5, 5.41) is 0. The highest BCUT2D eigenvalue weighted by atomic mass is 15.3. The molecule has 19 heavy (non-hydrogen) atoms. The van der Waals surface area contributed by atoms with E-state index in [9.17, 15) is 0 Å². The van der Waals surface area contributed by atoms with Gasteiger partial charge in [-0.25, -0.2) is 4.98 Å². The van der Waals surface area contributed by atoms with Gasteiger partial charge < -0.3 is 15.5 Å². The number of nitrogens with zero attached hydrogens (tertiary/aromatic N) is 3. The lowest BCUT2D eigenvalue weighted by Gasteiger charge is -2.33. The lowest BCUT2D eigenvalue weighted by molar-refractivity contribution is 0.327. The number of rotatable bonds is 3. The Morgan fingerprint density at radius 3 is 2.95 bits per heavy atom. The maximum atomic E-state index is 6.10. The van der Waals surface area contributed by atoms with Crippen LogP contribution in [-0.2, 0) is 0 Å². The van der Waals surface area contributed by atoms with Gasteiger partial charge in [-0.2, -0.15) is 0 Å². The normalized spacial score (nSPS) is 23.2. The number of hydrogen-bond acceptors (Lipinski definition) is 4. The van der Waals surface area contributed by atoms with Gasteiger partial charge in [0.05, 0.1) is 0 Å². The van der Waals surface area contributed by atoms with Crippen molar-refractivity contribution >= 4 is 5.82 Å². The Bertz CT molecular complexity index is 405. The number of anilines is 1. The molecule has 1 fully saturated rings. The quantitative estimate of drug-likeness (QED) is 0.905. The van der Waals surface area contributed by atoms with Crippen LogP contribution in [0.2, 0.25) is 0 Å². The minimum absolute atomic E-state index is 0.0298. The van der Waals surface area contributed by atoms with E-state index >= 15 is 0 Å². The van der Waals surface area contributed by atoms with Crippen LogP contribution in [0.4, 0.5) is 5.82 Å². The van der Waals surface area contributed by atoms with Gasteiger partial charge in [-0.1, -0.05) is 13.0 Å². The molecule has 1 aromatic rings.